The molecule has 0 atom stereocenters. The smallest absolute Gasteiger partial charge is 0.419 e. The lowest BCUT2D eigenvalue weighted by Crippen LogP contribution is -2.30. The summed E-state index contributed by atoms with van der Waals surface area (Å²) in [5.41, 5.74) is 4.95. The number of rotatable bonds is 4. The fourth-order valence-corrected chi connectivity index (χ4v) is 4.65. The lowest BCUT2D eigenvalue weighted by Gasteiger charge is -2.32. The first-order chi connectivity index (χ1) is 14.4. The van der Waals surface area contributed by atoms with Crippen LogP contribution in [0, 0.1) is 0 Å². The van der Waals surface area contributed by atoms with Crippen LogP contribution in [0.2, 0.25) is 0 Å². The molecule has 1 heterocycles. The summed E-state index contributed by atoms with van der Waals surface area (Å²) in [6, 6.07) is 12.3. The van der Waals surface area contributed by atoms with Crippen molar-refractivity contribution in [3.05, 3.63) is 60.2 Å². The van der Waals surface area contributed by atoms with Gasteiger partial charge in [-0.05, 0) is 54.8 Å². The summed E-state index contributed by atoms with van der Waals surface area (Å²) >= 11 is 1.69. The molecule has 1 amide bonds. The topological polar surface area (TPSA) is 36.0 Å². The van der Waals surface area contributed by atoms with Crippen LogP contribution in [-0.2, 0) is 4.74 Å². The van der Waals surface area contributed by atoms with Crippen LogP contribution >= 0.6 is 11.8 Å². The summed E-state index contributed by atoms with van der Waals surface area (Å²) in [6.07, 6.45) is 7.98. The molecule has 0 unspecified atom stereocenters. The first-order valence-corrected chi connectivity index (χ1v) is 10.9. The van der Waals surface area contributed by atoms with Crippen LogP contribution in [0.4, 0.5) is 27.5 Å². The average Bonchev–Trinajstić information content (AvgIpc) is 2.75. The van der Waals surface area contributed by atoms with Crippen molar-refractivity contribution < 1.29 is 9.53 Å². The van der Waals surface area contributed by atoms with Gasteiger partial charge in [0.2, 0.25) is 0 Å². The van der Waals surface area contributed by atoms with Gasteiger partial charge in [-0.1, -0.05) is 30.0 Å². The third-order valence-electron chi connectivity index (χ3n) is 5.24. The van der Waals surface area contributed by atoms with Crippen molar-refractivity contribution in [1.29, 1.82) is 0 Å². The number of allylic oxidation sites excluding steroid dienone is 2. The van der Waals surface area contributed by atoms with Crippen molar-refractivity contribution in [2.75, 3.05) is 49.5 Å². The fraction of sp³-hybridized carbons (Fsp3) is 0.292. The standard InChI is InChI=1S/C24H27N3O2S/c1-25(2)18-10-12-20-22(14-18)30-23-15-19(26(3)4)11-13-21(23)27(20)24(28)29-16-17-8-6-5-7-9-17/h6,8-15H,5,7,16H2,1-4H3. The third-order valence-corrected chi connectivity index (χ3v) is 6.33. The second-order valence-electron chi connectivity index (χ2n) is 7.84. The first kappa shape index (κ1) is 20.4. The van der Waals surface area contributed by atoms with E-state index in [2.05, 4.69) is 34.1 Å². The van der Waals surface area contributed by atoms with E-state index in [0.29, 0.717) is 0 Å². The Morgan fingerprint density at radius 2 is 1.57 bits per heavy atom. The monoisotopic (exact) mass is 421 g/mol. The summed E-state index contributed by atoms with van der Waals surface area (Å²) < 4.78 is 5.73. The van der Waals surface area contributed by atoms with Crippen LogP contribution in [0.3, 0.4) is 0 Å². The molecule has 0 radical (unpaired) electrons. The summed E-state index contributed by atoms with van der Waals surface area (Å²) in [5, 5.41) is 0. The van der Waals surface area contributed by atoms with Crippen molar-refractivity contribution >= 4 is 40.6 Å². The fourth-order valence-electron chi connectivity index (χ4n) is 3.52. The summed E-state index contributed by atoms with van der Waals surface area (Å²) in [4.78, 5) is 21.1. The van der Waals surface area contributed by atoms with E-state index in [0.717, 1.165) is 51.0 Å². The third kappa shape index (κ3) is 4.05. The number of hydrogen-bond donors (Lipinski definition) is 0. The molecule has 0 N–H and O–H groups in total. The molecule has 30 heavy (non-hydrogen) atoms. The van der Waals surface area contributed by atoms with Gasteiger partial charge in [0, 0.05) is 49.4 Å². The molecule has 6 heteroatoms. The Morgan fingerprint density at radius 3 is 2.07 bits per heavy atom. The summed E-state index contributed by atoms with van der Waals surface area (Å²) in [7, 11) is 8.07. The van der Waals surface area contributed by atoms with Crippen LogP contribution in [-0.4, -0.2) is 40.9 Å². The number of carbonyl (C=O) groups is 1. The van der Waals surface area contributed by atoms with E-state index >= 15 is 0 Å². The van der Waals surface area contributed by atoms with Gasteiger partial charge < -0.3 is 14.5 Å². The molecule has 4 rings (SSSR count). The first-order valence-electron chi connectivity index (χ1n) is 10.1. The zero-order valence-electron chi connectivity index (χ0n) is 17.9. The Morgan fingerprint density at radius 1 is 0.967 bits per heavy atom. The van der Waals surface area contributed by atoms with Gasteiger partial charge in [0.05, 0.1) is 11.4 Å². The van der Waals surface area contributed by atoms with Gasteiger partial charge in [0.25, 0.3) is 0 Å². The molecule has 2 aliphatic rings. The van der Waals surface area contributed by atoms with Crippen LogP contribution < -0.4 is 14.7 Å². The molecule has 1 aliphatic carbocycles. The minimum atomic E-state index is -0.354. The number of benzene rings is 2. The number of ether oxygens (including phenoxy) is 1. The predicted octanol–water partition coefficient (Wildman–Crippen LogP) is 5.83. The number of hydrogen-bond acceptors (Lipinski definition) is 5. The van der Waals surface area contributed by atoms with E-state index in [1.54, 1.807) is 16.7 Å². The molecule has 2 aromatic rings. The highest BCUT2D eigenvalue weighted by molar-refractivity contribution is 7.99. The van der Waals surface area contributed by atoms with Crippen molar-refractivity contribution in [3.8, 4) is 0 Å². The van der Waals surface area contributed by atoms with Crippen LogP contribution in [0.5, 0.6) is 0 Å². The van der Waals surface area contributed by atoms with Gasteiger partial charge in [-0.2, -0.15) is 0 Å². The lowest BCUT2D eigenvalue weighted by atomic mass is 10.1. The van der Waals surface area contributed by atoms with Crippen molar-refractivity contribution in [2.45, 2.75) is 22.6 Å². The molecule has 0 bridgehead atoms. The van der Waals surface area contributed by atoms with E-state index in [9.17, 15) is 4.79 Å². The van der Waals surface area contributed by atoms with Crippen molar-refractivity contribution in [3.63, 3.8) is 0 Å². The number of fused-ring (bicyclic) bond motifs is 2. The summed E-state index contributed by atoms with van der Waals surface area (Å²) in [6.45, 7) is 0.287. The predicted molar refractivity (Wildman–Crippen MR) is 126 cm³/mol. The molecule has 0 saturated carbocycles. The van der Waals surface area contributed by atoms with E-state index < -0.39 is 0 Å². The van der Waals surface area contributed by atoms with E-state index in [4.69, 9.17) is 4.74 Å². The van der Waals surface area contributed by atoms with E-state index in [-0.39, 0.29) is 12.7 Å². The normalized spacial score (nSPS) is 14.5. The molecular formula is C24H27N3O2S. The maximum Gasteiger partial charge on any atom is 0.419 e. The highest BCUT2D eigenvalue weighted by Crippen LogP contribution is 2.50. The molecule has 5 nitrogen and oxygen atoms in total. The Balaban J connectivity index is 1.70. The zero-order chi connectivity index (χ0) is 21.3. The Labute approximate surface area is 182 Å². The number of amides is 1. The van der Waals surface area contributed by atoms with Gasteiger partial charge in [-0.3, -0.25) is 0 Å². The van der Waals surface area contributed by atoms with Gasteiger partial charge in [0.15, 0.2) is 0 Å². The second kappa shape index (κ2) is 8.48. The minimum absolute atomic E-state index is 0.287. The minimum Gasteiger partial charge on any atom is -0.444 e. The van der Waals surface area contributed by atoms with Crippen LogP contribution in [0.15, 0.2) is 70.0 Å². The van der Waals surface area contributed by atoms with Gasteiger partial charge in [-0.25, -0.2) is 9.69 Å². The van der Waals surface area contributed by atoms with Crippen LogP contribution in [0.25, 0.3) is 0 Å². The summed E-state index contributed by atoms with van der Waals surface area (Å²) in [5.74, 6) is 0. The van der Waals surface area contributed by atoms with Gasteiger partial charge in [0.1, 0.15) is 6.61 Å². The van der Waals surface area contributed by atoms with E-state index in [1.165, 1.54) is 0 Å². The maximum atomic E-state index is 13.2. The Hall–Kier alpha value is -2.86. The molecule has 156 valence electrons. The maximum absolute atomic E-state index is 13.2. The molecule has 2 aromatic carbocycles. The Kier molecular flexibility index (Phi) is 5.77. The number of anilines is 4. The average molecular weight is 422 g/mol. The van der Waals surface area contributed by atoms with Gasteiger partial charge >= 0.3 is 6.09 Å². The Bertz CT molecular complexity index is 970. The highest BCUT2D eigenvalue weighted by atomic mass is 32.2. The largest absolute Gasteiger partial charge is 0.444 e. The zero-order valence-corrected chi connectivity index (χ0v) is 18.7. The quantitative estimate of drug-likeness (QED) is 0.620. The van der Waals surface area contributed by atoms with Gasteiger partial charge in [-0.15, -0.1) is 0 Å². The molecular weight excluding hydrogens is 394 g/mol. The molecule has 0 spiro atoms. The number of nitrogens with zero attached hydrogens (tertiary/aromatic N) is 3. The SMILES string of the molecule is CN(C)c1ccc2c(c1)Sc1cc(N(C)C)ccc1N2C(=O)OCC1=CCCC=C1. The highest BCUT2D eigenvalue weighted by Gasteiger charge is 2.30. The second-order valence-corrected chi connectivity index (χ2v) is 8.93. The number of carbonyl (C=O) groups excluding carboxylic acids is 1. The molecule has 1 aliphatic heterocycles. The molecule has 0 fully saturated rings. The molecule has 0 aromatic heterocycles. The van der Waals surface area contributed by atoms with E-state index in [1.807, 2.05) is 58.5 Å². The van der Waals surface area contributed by atoms with Crippen molar-refractivity contribution in [2.24, 2.45) is 0 Å². The lowest BCUT2D eigenvalue weighted by molar-refractivity contribution is 0.166. The molecule has 0 saturated heterocycles. The van der Waals surface area contributed by atoms with Crippen LogP contribution in [0.1, 0.15) is 12.8 Å². The van der Waals surface area contributed by atoms with Crippen molar-refractivity contribution in [1.82, 2.24) is 0 Å².